The molecule has 6 nitrogen and oxygen atoms in total. The van der Waals surface area contributed by atoms with Gasteiger partial charge >= 0.3 is 5.97 Å². The second-order valence-electron chi connectivity index (χ2n) is 18.2. The fraction of sp³-hybridized carbons (Fsp3) is 0.855. The van der Waals surface area contributed by atoms with E-state index in [2.05, 4.69) is 62.5 Å². The number of aliphatic hydroxyl groups excluding tert-OH is 2. The van der Waals surface area contributed by atoms with Crippen LogP contribution in [-0.4, -0.2) is 46.9 Å². The second kappa shape index (κ2) is 49.1. The van der Waals surface area contributed by atoms with Crippen LogP contribution in [0, 0.1) is 0 Å². The Kier molecular flexibility index (Phi) is 47.6. The van der Waals surface area contributed by atoms with Gasteiger partial charge in [0.25, 0.3) is 0 Å². The Bertz CT molecular complexity index is 1010. The normalized spacial score (nSPS) is 13.5. The fourth-order valence-electron chi connectivity index (χ4n) is 8.17. The Hall–Kier alpha value is -1.92. The minimum Gasteiger partial charge on any atom is -0.462 e. The topological polar surface area (TPSA) is 95.9 Å². The molecule has 0 aromatic carbocycles. The number of carbonyl (C=O) groups is 2. The van der Waals surface area contributed by atoms with Crippen LogP contribution in [0.4, 0.5) is 0 Å². The van der Waals surface area contributed by atoms with Gasteiger partial charge < -0.3 is 20.3 Å². The number of amides is 1. The molecule has 3 N–H and O–H groups in total. The summed E-state index contributed by atoms with van der Waals surface area (Å²) < 4.78 is 5.93. The van der Waals surface area contributed by atoms with Crippen molar-refractivity contribution < 1.29 is 24.5 Å². The van der Waals surface area contributed by atoms with E-state index in [9.17, 15) is 19.8 Å². The summed E-state index contributed by atoms with van der Waals surface area (Å²) in [5, 5.41) is 23.7. The van der Waals surface area contributed by atoms with Crippen molar-refractivity contribution in [1.29, 1.82) is 0 Å². The quantitative estimate of drug-likeness (QED) is 0.0322. The van der Waals surface area contributed by atoms with Crippen LogP contribution in [0.5, 0.6) is 0 Å². The van der Waals surface area contributed by atoms with Crippen LogP contribution in [0.2, 0.25) is 0 Å². The number of unbranched alkanes of at least 4 members (excludes halogenated alkanes) is 30. The number of allylic oxidation sites excluding steroid dienone is 6. The van der Waals surface area contributed by atoms with Gasteiger partial charge in [0.05, 0.1) is 25.2 Å². The molecule has 0 saturated heterocycles. The van der Waals surface area contributed by atoms with Crippen molar-refractivity contribution >= 4 is 11.9 Å². The lowest BCUT2D eigenvalue weighted by atomic mass is 10.0. The molecule has 1 amide bonds. The van der Waals surface area contributed by atoms with Gasteiger partial charge in [0.2, 0.25) is 5.91 Å². The van der Waals surface area contributed by atoms with Crippen molar-refractivity contribution in [2.45, 2.75) is 296 Å². The van der Waals surface area contributed by atoms with E-state index in [1.165, 1.54) is 154 Å². The van der Waals surface area contributed by atoms with Crippen LogP contribution in [0.1, 0.15) is 278 Å². The summed E-state index contributed by atoms with van der Waals surface area (Å²) in [6.07, 6.45) is 57.8. The van der Waals surface area contributed by atoms with E-state index in [-0.39, 0.29) is 24.9 Å². The van der Waals surface area contributed by atoms with Crippen molar-refractivity contribution in [2.75, 3.05) is 6.61 Å². The van der Waals surface area contributed by atoms with Crippen molar-refractivity contribution in [2.24, 2.45) is 0 Å². The minimum atomic E-state index is -0.789. The molecule has 0 rings (SSSR count). The van der Waals surface area contributed by atoms with Crippen LogP contribution in [-0.2, 0) is 14.3 Å². The molecule has 0 aliphatic carbocycles. The van der Waals surface area contributed by atoms with Gasteiger partial charge in [-0.3, -0.25) is 9.59 Å². The smallest absolute Gasteiger partial charge is 0.306 e. The highest BCUT2D eigenvalue weighted by atomic mass is 16.5. The summed E-state index contributed by atoms with van der Waals surface area (Å²) in [4.78, 5) is 26.1. The van der Waals surface area contributed by atoms with E-state index in [0.29, 0.717) is 19.3 Å². The average molecular weight is 858 g/mol. The molecule has 0 aromatic heterocycles. The van der Waals surface area contributed by atoms with Crippen molar-refractivity contribution in [1.82, 2.24) is 5.32 Å². The Balaban J connectivity index is 4.49. The lowest BCUT2D eigenvalue weighted by molar-refractivity contribution is -0.151. The third kappa shape index (κ3) is 44.5. The maximum atomic E-state index is 13.2. The van der Waals surface area contributed by atoms with E-state index in [0.717, 1.165) is 77.0 Å². The molecule has 0 spiro atoms. The maximum absolute atomic E-state index is 13.2. The summed E-state index contributed by atoms with van der Waals surface area (Å²) >= 11 is 0. The summed E-state index contributed by atoms with van der Waals surface area (Å²) in [7, 11) is 0. The molecular weight excluding hydrogens is 755 g/mol. The molecule has 0 fully saturated rings. The molecule has 6 heteroatoms. The van der Waals surface area contributed by atoms with Gasteiger partial charge in [-0.25, -0.2) is 0 Å². The zero-order chi connectivity index (χ0) is 44.5. The Morgan fingerprint density at radius 3 is 1.34 bits per heavy atom. The van der Waals surface area contributed by atoms with Crippen LogP contribution in [0.25, 0.3) is 0 Å². The molecule has 358 valence electrons. The first-order chi connectivity index (χ1) is 30.0. The Morgan fingerprint density at radius 2 is 0.885 bits per heavy atom. The monoisotopic (exact) mass is 858 g/mol. The van der Waals surface area contributed by atoms with Crippen molar-refractivity contribution in [3.8, 4) is 0 Å². The van der Waals surface area contributed by atoms with Crippen LogP contribution in [0.3, 0.4) is 0 Å². The number of hydrogen-bond donors (Lipinski definition) is 3. The highest BCUT2D eigenvalue weighted by Gasteiger charge is 2.24. The first kappa shape index (κ1) is 59.1. The van der Waals surface area contributed by atoms with Gasteiger partial charge in [-0.15, -0.1) is 0 Å². The number of rotatable bonds is 48. The number of aliphatic hydroxyl groups is 2. The molecular formula is C55H103NO5. The SMILES string of the molecule is CC/C=C/C/C=C/CCCCCCCC(CC(=O)NC(CO)C(O)CCCCCCCCCCCCC)OC(=O)CCCCCCCCCCC/C=C/CCCCCCCC. The highest BCUT2D eigenvalue weighted by molar-refractivity contribution is 5.77. The van der Waals surface area contributed by atoms with Gasteiger partial charge in [0.15, 0.2) is 0 Å². The first-order valence-electron chi connectivity index (χ1n) is 26.7. The molecule has 0 radical (unpaired) electrons. The van der Waals surface area contributed by atoms with Crippen molar-refractivity contribution in [3.05, 3.63) is 36.5 Å². The maximum Gasteiger partial charge on any atom is 0.306 e. The Morgan fingerprint density at radius 1 is 0.492 bits per heavy atom. The minimum absolute atomic E-state index is 0.0696. The molecule has 0 bridgehead atoms. The molecule has 0 heterocycles. The predicted octanol–water partition coefficient (Wildman–Crippen LogP) is 16.1. The van der Waals surface area contributed by atoms with Gasteiger partial charge in [-0.1, -0.05) is 224 Å². The largest absolute Gasteiger partial charge is 0.462 e. The van der Waals surface area contributed by atoms with E-state index < -0.39 is 18.2 Å². The first-order valence-corrected chi connectivity index (χ1v) is 26.7. The van der Waals surface area contributed by atoms with Crippen molar-refractivity contribution in [3.63, 3.8) is 0 Å². The lowest BCUT2D eigenvalue weighted by Crippen LogP contribution is -2.46. The lowest BCUT2D eigenvalue weighted by Gasteiger charge is -2.24. The van der Waals surface area contributed by atoms with Gasteiger partial charge in [0.1, 0.15) is 6.10 Å². The molecule has 0 aliphatic heterocycles. The summed E-state index contributed by atoms with van der Waals surface area (Å²) in [6, 6.07) is -0.703. The van der Waals surface area contributed by atoms with Gasteiger partial charge in [0, 0.05) is 6.42 Å². The Labute approximate surface area is 379 Å². The fourth-order valence-corrected chi connectivity index (χ4v) is 8.17. The molecule has 0 aliphatic rings. The summed E-state index contributed by atoms with van der Waals surface area (Å²) in [5.74, 6) is -0.481. The van der Waals surface area contributed by atoms with Crippen LogP contribution in [0.15, 0.2) is 36.5 Å². The summed E-state index contributed by atoms with van der Waals surface area (Å²) in [5.41, 5.74) is 0. The molecule has 0 saturated carbocycles. The third-order valence-corrected chi connectivity index (χ3v) is 12.2. The number of hydrogen-bond acceptors (Lipinski definition) is 5. The molecule has 3 atom stereocenters. The number of ether oxygens (including phenoxy) is 1. The van der Waals surface area contributed by atoms with E-state index in [4.69, 9.17) is 4.74 Å². The van der Waals surface area contributed by atoms with E-state index in [1.807, 2.05) is 0 Å². The number of esters is 1. The number of carbonyl (C=O) groups excluding carboxylic acids is 2. The number of nitrogens with one attached hydrogen (secondary N) is 1. The predicted molar refractivity (Wildman–Crippen MR) is 264 cm³/mol. The second-order valence-corrected chi connectivity index (χ2v) is 18.2. The van der Waals surface area contributed by atoms with E-state index >= 15 is 0 Å². The molecule has 3 unspecified atom stereocenters. The van der Waals surface area contributed by atoms with E-state index in [1.54, 1.807) is 0 Å². The van der Waals surface area contributed by atoms with Crippen LogP contribution >= 0.6 is 0 Å². The average Bonchev–Trinajstić information content (AvgIpc) is 3.25. The summed E-state index contributed by atoms with van der Waals surface area (Å²) in [6.45, 7) is 6.38. The molecule has 0 aromatic rings. The zero-order valence-electron chi connectivity index (χ0n) is 40.8. The zero-order valence-corrected chi connectivity index (χ0v) is 40.8. The van der Waals surface area contributed by atoms with Gasteiger partial charge in [-0.2, -0.15) is 0 Å². The van der Waals surface area contributed by atoms with Gasteiger partial charge in [-0.05, 0) is 77.0 Å². The standard InChI is InChI=1S/C55H103NO5/c1-4-7-10-13-16-19-22-24-25-26-27-28-29-30-33-36-39-42-45-48-55(60)61-51(46-43-40-37-34-32-23-20-17-14-11-8-5-2)49-54(59)56-52(50-57)53(58)47-44-41-38-35-31-21-18-15-12-9-6-3/h8,11,17,20,24-25,51-53,57-58H,4-7,9-10,12-16,18-19,21-23,26-50H2,1-3H3,(H,56,59)/b11-8+,20-17+,25-24+. The third-order valence-electron chi connectivity index (χ3n) is 12.2. The highest BCUT2D eigenvalue weighted by Crippen LogP contribution is 2.18. The molecule has 61 heavy (non-hydrogen) atoms. The van der Waals surface area contributed by atoms with Crippen LogP contribution < -0.4 is 5.32 Å².